The number of rotatable bonds is 0. The summed E-state index contributed by atoms with van der Waals surface area (Å²) in [4.78, 5) is 0. The van der Waals surface area contributed by atoms with Gasteiger partial charge in [-0.3, -0.25) is 0 Å². The van der Waals surface area contributed by atoms with Crippen LogP contribution in [0.5, 0.6) is 0 Å². The van der Waals surface area contributed by atoms with Gasteiger partial charge in [0.25, 0.3) is 0 Å². The molecular weight excluding hydrogens is 235 g/mol. The Bertz CT molecular complexity index is 479. The van der Waals surface area contributed by atoms with Crippen LogP contribution in [-0.4, -0.2) is 20.0 Å². The molecule has 0 radical (unpaired) electrons. The third-order valence-electron chi connectivity index (χ3n) is 2.63. The summed E-state index contributed by atoms with van der Waals surface area (Å²) in [6.45, 7) is 0. The van der Waals surface area contributed by atoms with Gasteiger partial charge in [0.2, 0.25) is 0 Å². The van der Waals surface area contributed by atoms with Crippen molar-refractivity contribution in [2.75, 3.05) is 0 Å². The number of hydrogen-bond acceptors (Lipinski definition) is 0. The molecule has 14 heavy (non-hydrogen) atoms. The molecule has 0 atom stereocenters. The molecule has 2 aromatic carbocycles. The summed E-state index contributed by atoms with van der Waals surface area (Å²) in [5.41, 5.74) is 5.34. The summed E-state index contributed by atoms with van der Waals surface area (Å²) in [6.07, 6.45) is 0. The van der Waals surface area contributed by atoms with Crippen LogP contribution < -0.4 is 0 Å². The molecule has 0 unspecified atom stereocenters. The average Bonchev–Trinajstić information content (AvgIpc) is 2.55. The average molecular weight is 243 g/mol. The molecule has 0 spiro atoms. The van der Waals surface area contributed by atoms with Gasteiger partial charge in [-0.2, -0.15) is 0 Å². The molecular formula is C13H8Se. The van der Waals surface area contributed by atoms with Crippen LogP contribution in [0, 0.1) is 0 Å². The topological polar surface area (TPSA) is 0 Å². The second kappa shape index (κ2) is 2.91. The molecule has 0 fully saturated rings. The van der Waals surface area contributed by atoms with E-state index in [2.05, 4.69) is 64.1 Å². The van der Waals surface area contributed by atoms with Gasteiger partial charge in [0, 0.05) is 0 Å². The van der Waals surface area contributed by atoms with E-state index in [9.17, 15) is 0 Å². The fraction of sp³-hybridized carbons (Fsp3) is 0. The zero-order valence-corrected chi connectivity index (χ0v) is 9.24. The number of hydrogen-bond donors (Lipinski definition) is 0. The molecule has 0 aliphatic heterocycles. The van der Waals surface area contributed by atoms with E-state index < -0.39 is 0 Å². The molecule has 1 aliphatic carbocycles. The molecule has 0 heterocycles. The van der Waals surface area contributed by atoms with Crippen LogP contribution in [0.2, 0.25) is 0 Å². The van der Waals surface area contributed by atoms with E-state index in [1.165, 1.54) is 26.7 Å². The predicted octanol–water partition coefficient (Wildman–Crippen LogP) is 2.40. The standard InChI is InChI=1S/C13H8Se/c14-13-11-7-3-1-5-9(11)10-6-2-4-8-12(10)13/h1-8H. The fourth-order valence-electron chi connectivity index (χ4n) is 1.98. The maximum absolute atomic E-state index is 3.17. The molecule has 66 valence electrons. The van der Waals surface area contributed by atoms with E-state index in [4.69, 9.17) is 0 Å². The van der Waals surface area contributed by atoms with Crippen LogP contribution in [0.25, 0.3) is 11.1 Å². The predicted molar refractivity (Wildman–Crippen MR) is 60.8 cm³/mol. The summed E-state index contributed by atoms with van der Waals surface area (Å²) >= 11 is 3.17. The molecule has 0 saturated heterocycles. The van der Waals surface area contributed by atoms with Crippen LogP contribution in [0.15, 0.2) is 48.5 Å². The summed E-state index contributed by atoms with van der Waals surface area (Å²) in [5.74, 6) is 0. The number of fused-ring (bicyclic) bond motifs is 3. The van der Waals surface area contributed by atoms with Gasteiger partial charge in [-0.05, 0) is 0 Å². The van der Waals surface area contributed by atoms with Crippen molar-refractivity contribution in [2.45, 2.75) is 0 Å². The molecule has 0 aromatic heterocycles. The third kappa shape index (κ3) is 0.971. The summed E-state index contributed by atoms with van der Waals surface area (Å²) in [6, 6.07) is 17.0. The van der Waals surface area contributed by atoms with Crippen molar-refractivity contribution < 1.29 is 0 Å². The van der Waals surface area contributed by atoms with Gasteiger partial charge in [0.15, 0.2) is 0 Å². The molecule has 0 bridgehead atoms. The first kappa shape index (κ1) is 8.16. The van der Waals surface area contributed by atoms with Crippen molar-refractivity contribution in [3.63, 3.8) is 0 Å². The van der Waals surface area contributed by atoms with Crippen molar-refractivity contribution in [1.29, 1.82) is 0 Å². The van der Waals surface area contributed by atoms with E-state index in [1.54, 1.807) is 0 Å². The summed E-state index contributed by atoms with van der Waals surface area (Å²) in [7, 11) is 0. The summed E-state index contributed by atoms with van der Waals surface area (Å²) in [5, 5.41) is 0. The molecule has 0 nitrogen and oxygen atoms in total. The SMILES string of the molecule is [Se]=C1c2ccccc2-c2ccccc21. The zero-order chi connectivity index (χ0) is 9.54. The Morgan fingerprint density at radius 1 is 0.571 bits per heavy atom. The van der Waals surface area contributed by atoms with E-state index in [-0.39, 0.29) is 0 Å². The maximum atomic E-state index is 3.17. The van der Waals surface area contributed by atoms with E-state index in [1.807, 2.05) is 0 Å². The number of benzene rings is 2. The molecule has 1 aliphatic rings. The first-order valence-corrected chi connectivity index (χ1v) is 5.47. The Labute approximate surface area is 90.9 Å². The van der Waals surface area contributed by atoms with Crippen LogP contribution in [0.3, 0.4) is 0 Å². The molecule has 2 aromatic rings. The van der Waals surface area contributed by atoms with Crippen molar-refractivity contribution in [3.8, 4) is 11.1 Å². The Balaban J connectivity index is 2.42. The first-order valence-electron chi connectivity index (χ1n) is 4.61. The molecule has 3 rings (SSSR count). The monoisotopic (exact) mass is 244 g/mol. The van der Waals surface area contributed by atoms with Gasteiger partial charge >= 0.3 is 90.8 Å². The second-order valence-electron chi connectivity index (χ2n) is 3.42. The minimum absolute atomic E-state index is 1.27. The zero-order valence-electron chi connectivity index (χ0n) is 7.53. The van der Waals surface area contributed by atoms with Crippen LogP contribution in [-0.2, 0) is 0 Å². The normalized spacial score (nSPS) is 12.4. The van der Waals surface area contributed by atoms with Gasteiger partial charge in [0.05, 0.1) is 0 Å². The van der Waals surface area contributed by atoms with Gasteiger partial charge in [-0.15, -0.1) is 0 Å². The Morgan fingerprint density at radius 3 is 1.36 bits per heavy atom. The fourth-order valence-corrected chi connectivity index (χ4v) is 2.72. The van der Waals surface area contributed by atoms with Crippen LogP contribution in [0.1, 0.15) is 11.1 Å². The Hall–Kier alpha value is -1.17. The van der Waals surface area contributed by atoms with Crippen molar-refractivity contribution >= 4 is 20.0 Å². The van der Waals surface area contributed by atoms with E-state index >= 15 is 0 Å². The van der Waals surface area contributed by atoms with Crippen molar-refractivity contribution in [3.05, 3.63) is 59.7 Å². The molecule has 0 amide bonds. The van der Waals surface area contributed by atoms with Crippen molar-refractivity contribution in [2.24, 2.45) is 0 Å². The third-order valence-corrected chi connectivity index (χ3v) is 3.56. The van der Waals surface area contributed by atoms with Crippen LogP contribution in [0.4, 0.5) is 0 Å². The van der Waals surface area contributed by atoms with E-state index in [0.717, 1.165) is 0 Å². The quantitative estimate of drug-likeness (QED) is 0.532. The van der Waals surface area contributed by atoms with Gasteiger partial charge in [-0.1, -0.05) is 0 Å². The minimum atomic E-state index is 1.27. The van der Waals surface area contributed by atoms with Gasteiger partial charge in [0.1, 0.15) is 0 Å². The van der Waals surface area contributed by atoms with E-state index in [0.29, 0.717) is 0 Å². The van der Waals surface area contributed by atoms with Crippen molar-refractivity contribution in [1.82, 2.24) is 0 Å². The summed E-state index contributed by atoms with van der Waals surface area (Å²) < 4.78 is 1.27. The van der Waals surface area contributed by atoms with Gasteiger partial charge < -0.3 is 0 Å². The molecule has 0 N–H and O–H groups in total. The molecule has 1 heteroatoms. The van der Waals surface area contributed by atoms with Gasteiger partial charge in [-0.25, -0.2) is 0 Å². The van der Waals surface area contributed by atoms with Crippen LogP contribution >= 0.6 is 0 Å². The Morgan fingerprint density at radius 2 is 0.929 bits per heavy atom. The first-order chi connectivity index (χ1) is 6.88. The second-order valence-corrected chi connectivity index (χ2v) is 4.28. The Kier molecular flexibility index (Phi) is 1.70. The molecule has 0 saturated carbocycles.